The predicted octanol–water partition coefficient (Wildman–Crippen LogP) is 1.81. The average Bonchev–Trinajstić information content (AvgIpc) is 2.59. The Kier molecular flexibility index (Phi) is 2.09. The van der Waals surface area contributed by atoms with E-state index in [1.165, 1.54) is 16.2 Å². The summed E-state index contributed by atoms with van der Waals surface area (Å²) in [5, 5.41) is 0.624. The smallest absolute Gasteiger partial charge is 0.320 e. The number of amides is 2. The van der Waals surface area contributed by atoms with Gasteiger partial charge < -0.3 is 5.73 Å². The molecule has 0 atom stereocenters. The number of primary amides is 1. The third-order valence-corrected chi connectivity index (χ3v) is 3.01. The largest absolute Gasteiger partial charge is 0.351 e. The second-order valence-electron chi connectivity index (χ2n) is 2.86. The highest BCUT2D eigenvalue weighted by atomic mass is 32.1. The number of aromatic nitrogens is 1. The molecule has 2 N–H and O–H groups in total. The summed E-state index contributed by atoms with van der Waals surface area (Å²) in [5.74, 6) is 0. The van der Waals surface area contributed by atoms with E-state index in [-0.39, 0.29) is 0 Å². The van der Waals surface area contributed by atoms with E-state index in [9.17, 15) is 4.79 Å². The van der Waals surface area contributed by atoms with Gasteiger partial charge in [-0.3, -0.25) is 4.90 Å². The molecule has 0 saturated heterocycles. The van der Waals surface area contributed by atoms with Crippen LogP contribution in [0.25, 0.3) is 10.2 Å². The molecule has 0 aliphatic rings. The Morgan fingerprint density at radius 2 is 2.21 bits per heavy atom. The van der Waals surface area contributed by atoms with Crippen molar-refractivity contribution in [1.29, 1.82) is 0 Å². The lowest BCUT2D eigenvalue weighted by Crippen LogP contribution is -2.31. The molecular formula is C9H9N3OS. The van der Waals surface area contributed by atoms with Crippen LogP contribution in [-0.2, 0) is 0 Å². The first-order chi connectivity index (χ1) is 6.68. The van der Waals surface area contributed by atoms with E-state index in [1.807, 2.05) is 24.3 Å². The number of hydrogen-bond acceptors (Lipinski definition) is 3. The number of fused-ring (bicyclic) bond motifs is 1. The van der Waals surface area contributed by atoms with Crippen LogP contribution in [0.2, 0.25) is 0 Å². The summed E-state index contributed by atoms with van der Waals surface area (Å²) < 4.78 is 1.05. The van der Waals surface area contributed by atoms with E-state index in [0.717, 1.165) is 10.2 Å². The van der Waals surface area contributed by atoms with Crippen LogP contribution in [0.1, 0.15) is 0 Å². The molecule has 0 unspecified atom stereocenters. The van der Waals surface area contributed by atoms with Crippen LogP contribution in [0.15, 0.2) is 24.3 Å². The van der Waals surface area contributed by atoms with E-state index in [4.69, 9.17) is 5.73 Å². The monoisotopic (exact) mass is 207 g/mol. The fraction of sp³-hybridized carbons (Fsp3) is 0.111. The fourth-order valence-corrected chi connectivity index (χ4v) is 2.03. The number of hydrogen-bond donors (Lipinski definition) is 1. The van der Waals surface area contributed by atoms with Crippen LogP contribution in [0.4, 0.5) is 9.93 Å². The Bertz CT molecular complexity index is 447. The van der Waals surface area contributed by atoms with Crippen molar-refractivity contribution in [3.63, 3.8) is 0 Å². The molecule has 4 nitrogen and oxygen atoms in total. The number of urea groups is 1. The fourth-order valence-electron chi connectivity index (χ4n) is 1.10. The van der Waals surface area contributed by atoms with Crippen LogP contribution < -0.4 is 10.6 Å². The van der Waals surface area contributed by atoms with E-state index in [1.54, 1.807) is 7.05 Å². The Morgan fingerprint density at radius 1 is 1.50 bits per heavy atom. The van der Waals surface area contributed by atoms with Crippen molar-refractivity contribution in [2.75, 3.05) is 11.9 Å². The normalized spacial score (nSPS) is 10.4. The van der Waals surface area contributed by atoms with Gasteiger partial charge in [0.05, 0.1) is 10.2 Å². The van der Waals surface area contributed by atoms with Crippen molar-refractivity contribution < 1.29 is 4.79 Å². The molecule has 72 valence electrons. The molecule has 0 fully saturated rings. The van der Waals surface area contributed by atoms with Gasteiger partial charge in [-0.2, -0.15) is 0 Å². The van der Waals surface area contributed by atoms with Gasteiger partial charge in [-0.15, -0.1) is 0 Å². The average molecular weight is 207 g/mol. The van der Waals surface area contributed by atoms with E-state index in [0.29, 0.717) is 5.13 Å². The summed E-state index contributed by atoms with van der Waals surface area (Å²) in [6.45, 7) is 0. The highest BCUT2D eigenvalue weighted by molar-refractivity contribution is 7.22. The van der Waals surface area contributed by atoms with Gasteiger partial charge in [0.15, 0.2) is 5.13 Å². The van der Waals surface area contributed by atoms with Crippen LogP contribution in [-0.4, -0.2) is 18.1 Å². The Hall–Kier alpha value is -1.62. The van der Waals surface area contributed by atoms with Gasteiger partial charge in [0.2, 0.25) is 0 Å². The summed E-state index contributed by atoms with van der Waals surface area (Å²) in [7, 11) is 1.61. The molecule has 0 aliphatic heterocycles. The van der Waals surface area contributed by atoms with Gasteiger partial charge in [-0.25, -0.2) is 9.78 Å². The molecule has 0 aliphatic carbocycles. The number of nitrogens with zero attached hydrogens (tertiary/aromatic N) is 2. The molecule has 1 heterocycles. The predicted molar refractivity (Wildman–Crippen MR) is 57.6 cm³/mol. The van der Waals surface area contributed by atoms with Crippen molar-refractivity contribution in [2.45, 2.75) is 0 Å². The number of benzene rings is 1. The number of carbonyl (C=O) groups is 1. The third-order valence-electron chi connectivity index (χ3n) is 1.90. The maximum Gasteiger partial charge on any atom is 0.320 e. The molecular weight excluding hydrogens is 198 g/mol. The number of anilines is 1. The zero-order valence-electron chi connectivity index (χ0n) is 7.60. The minimum absolute atomic E-state index is 0.496. The number of carbonyl (C=O) groups excluding carboxylic acids is 1. The SMILES string of the molecule is CN(C(N)=O)c1nc2ccccc2s1. The second kappa shape index (κ2) is 3.26. The van der Waals surface area contributed by atoms with Gasteiger partial charge >= 0.3 is 6.03 Å². The topological polar surface area (TPSA) is 59.2 Å². The van der Waals surface area contributed by atoms with Crippen molar-refractivity contribution >= 4 is 32.7 Å². The first-order valence-electron chi connectivity index (χ1n) is 4.07. The molecule has 2 aromatic rings. The summed E-state index contributed by atoms with van der Waals surface area (Å²) in [6.07, 6.45) is 0. The summed E-state index contributed by atoms with van der Waals surface area (Å²) in [5.41, 5.74) is 6.03. The number of rotatable bonds is 1. The molecule has 5 heteroatoms. The van der Waals surface area contributed by atoms with Gasteiger partial charge in [0.25, 0.3) is 0 Å². The molecule has 2 rings (SSSR count). The molecule has 1 aromatic heterocycles. The zero-order chi connectivity index (χ0) is 10.1. The zero-order valence-corrected chi connectivity index (χ0v) is 8.41. The van der Waals surface area contributed by atoms with Gasteiger partial charge in [-0.1, -0.05) is 23.5 Å². The van der Waals surface area contributed by atoms with E-state index in [2.05, 4.69) is 4.98 Å². The molecule has 14 heavy (non-hydrogen) atoms. The lowest BCUT2D eigenvalue weighted by atomic mass is 10.3. The second-order valence-corrected chi connectivity index (χ2v) is 3.87. The minimum Gasteiger partial charge on any atom is -0.351 e. The maximum absolute atomic E-state index is 10.9. The molecule has 0 spiro atoms. The van der Waals surface area contributed by atoms with Gasteiger partial charge in [-0.05, 0) is 12.1 Å². The molecule has 0 saturated carbocycles. The highest BCUT2D eigenvalue weighted by Crippen LogP contribution is 2.27. The molecule has 1 aromatic carbocycles. The van der Waals surface area contributed by atoms with E-state index < -0.39 is 6.03 Å². The van der Waals surface area contributed by atoms with Crippen LogP contribution in [0, 0.1) is 0 Å². The molecule has 0 bridgehead atoms. The first kappa shape index (κ1) is 8.96. The van der Waals surface area contributed by atoms with Crippen LogP contribution in [0.5, 0.6) is 0 Å². The quantitative estimate of drug-likeness (QED) is 0.775. The Balaban J connectivity index is 2.50. The lowest BCUT2D eigenvalue weighted by molar-refractivity contribution is 0.255. The summed E-state index contributed by atoms with van der Waals surface area (Å²) >= 11 is 1.45. The lowest BCUT2D eigenvalue weighted by Gasteiger charge is -2.08. The minimum atomic E-state index is -0.496. The third kappa shape index (κ3) is 1.42. The van der Waals surface area contributed by atoms with Gasteiger partial charge in [0, 0.05) is 7.05 Å². The van der Waals surface area contributed by atoms with Crippen LogP contribution in [0.3, 0.4) is 0 Å². The number of para-hydroxylation sites is 1. The van der Waals surface area contributed by atoms with Crippen molar-refractivity contribution in [3.8, 4) is 0 Å². The van der Waals surface area contributed by atoms with Crippen molar-refractivity contribution in [3.05, 3.63) is 24.3 Å². The maximum atomic E-state index is 10.9. The molecule has 2 amide bonds. The van der Waals surface area contributed by atoms with Crippen molar-refractivity contribution in [1.82, 2.24) is 4.98 Å². The summed E-state index contributed by atoms with van der Waals surface area (Å²) in [4.78, 5) is 16.5. The number of thiazole rings is 1. The Labute approximate surface area is 85.0 Å². The highest BCUT2D eigenvalue weighted by Gasteiger charge is 2.11. The number of nitrogens with two attached hydrogens (primary N) is 1. The van der Waals surface area contributed by atoms with Crippen molar-refractivity contribution in [2.24, 2.45) is 5.73 Å². The van der Waals surface area contributed by atoms with E-state index >= 15 is 0 Å². The first-order valence-corrected chi connectivity index (χ1v) is 4.89. The van der Waals surface area contributed by atoms with Crippen LogP contribution >= 0.6 is 11.3 Å². The Morgan fingerprint density at radius 3 is 2.86 bits per heavy atom. The standard InChI is InChI=1S/C9H9N3OS/c1-12(8(10)13)9-11-6-4-2-3-5-7(6)14-9/h2-5H,1H3,(H2,10,13). The summed E-state index contributed by atoms with van der Waals surface area (Å²) in [6, 6.07) is 7.23. The van der Waals surface area contributed by atoms with Gasteiger partial charge in [0.1, 0.15) is 0 Å². The molecule has 0 radical (unpaired) electrons.